The molecule has 0 radical (unpaired) electrons. The van der Waals surface area contributed by atoms with Gasteiger partial charge in [-0.15, -0.1) is 0 Å². The minimum atomic E-state index is -0.462. The molecule has 0 aromatic heterocycles. The van der Waals surface area contributed by atoms with Crippen LogP contribution in [0.25, 0.3) is 0 Å². The van der Waals surface area contributed by atoms with Gasteiger partial charge in [0.1, 0.15) is 0 Å². The molecule has 0 amide bonds. The maximum atomic E-state index is 9.54. The van der Waals surface area contributed by atoms with Crippen LogP contribution in [0.15, 0.2) is 0 Å². The molecular formula is C14H30O5. The molecule has 5 nitrogen and oxygen atoms in total. The molecule has 2 atom stereocenters. The van der Waals surface area contributed by atoms with Crippen LogP contribution in [-0.4, -0.2) is 60.6 Å². The highest BCUT2D eigenvalue weighted by atomic mass is 16.5. The molecular weight excluding hydrogens is 248 g/mol. The number of ether oxygens (including phenoxy) is 2. The monoisotopic (exact) mass is 278 g/mol. The molecule has 0 aliphatic heterocycles. The van der Waals surface area contributed by atoms with Crippen molar-refractivity contribution in [3.05, 3.63) is 0 Å². The molecule has 0 fully saturated rings. The molecule has 0 aliphatic carbocycles. The van der Waals surface area contributed by atoms with Crippen molar-refractivity contribution >= 4 is 0 Å². The summed E-state index contributed by atoms with van der Waals surface area (Å²) in [5.41, 5.74) is -0.457. The molecule has 19 heavy (non-hydrogen) atoms. The SMILES string of the molecule is CCC(O)COCC(CC)(CO)COCC(O)CC. The first-order valence-electron chi connectivity index (χ1n) is 7.16. The first-order chi connectivity index (χ1) is 9.03. The molecule has 5 heteroatoms. The summed E-state index contributed by atoms with van der Waals surface area (Å²) < 4.78 is 10.9. The molecule has 0 bridgehead atoms. The lowest BCUT2D eigenvalue weighted by atomic mass is 9.88. The van der Waals surface area contributed by atoms with Crippen LogP contribution in [0, 0.1) is 5.41 Å². The molecule has 2 unspecified atom stereocenters. The van der Waals surface area contributed by atoms with Gasteiger partial charge in [-0.05, 0) is 19.3 Å². The molecule has 116 valence electrons. The van der Waals surface area contributed by atoms with Crippen LogP contribution in [0.4, 0.5) is 0 Å². The fraction of sp³-hybridized carbons (Fsp3) is 1.00. The van der Waals surface area contributed by atoms with Crippen molar-refractivity contribution in [2.24, 2.45) is 5.41 Å². The van der Waals surface area contributed by atoms with Crippen molar-refractivity contribution in [2.75, 3.05) is 33.0 Å². The zero-order valence-corrected chi connectivity index (χ0v) is 12.5. The molecule has 0 rings (SSSR count). The Morgan fingerprint density at radius 2 is 1.32 bits per heavy atom. The zero-order valence-electron chi connectivity index (χ0n) is 12.5. The van der Waals surface area contributed by atoms with Gasteiger partial charge < -0.3 is 24.8 Å². The van der Waals surface area contributed by atoms with Crippen molar-refractivity contribution in [1.82, 2.24) is 0 Å². The number of aliphatic hydroxyl groups excluding tert-OH is 3. The van der Waals surface area contributed by atoms with Gasteiger partial charge in [-0.2, -0.15) is 0 Å². The van der Waals surface area contributed by atoms with Gasteiger partial charge in [-0.1, -0.05) is 20.8 Å². The molecule has 0 aromatic carbocycles. The second-order valence-corrected chi connectivity index (χ2v) is 5.17. The van der Waals surface area contributed by atoms with Crippen molar-refractivity contribution < 1.29 is 24.8 Å². The Labute approximate surface area is 116 Å². The van der Waals surface area contributed by atoms with E-state index in [2.05, 4.69) is 0 Å². The molecule has 3 N–H and O–H groups in total. The lowest BCUT2D eigenvalue weighted by molar-refractivity contribution is -0.0799. The minimum Gasteiger partial charge on any atom is -0.396 e. The average molecular weight is 278 g/mol. The van der Waals surface area contributed by atoms with E-state index in [-0.39, 0.29) is 19.8 Å². The van der Waals surface area contributed by atoms with E-state index in [1.165, 1.54) is 0 Å². The maximum absolute atomic E-state index is 9.54. The topological polar surface area (TPSA) is 79.2 Å². The zero-order chi connectivity index (χ0) is 14.7. The van der Waals surface area contributed by atoms with Gasteiger partial charge >= 0.3 is 0 Å². The Bertz CT molecular complexity index is 188. The summed E-state index contributed by atoms with van der Waals surface area (Å²) in [5.74, 6) is 0. The van der Waals surface area contributed by atoms with Gasteiger partial charge in [-0.25, -0.2) is 0 Å². The van der Waals surface area contributed by atoms with Gasteiger partial charge in [0.05, 0.1) is 45.2 Å². The second-order valence-electron chi connectivity index (χ2n) is 5.17. The van der Waals surface area contributed by atoms with E-state index in [1.54, 1.807) is 0 Å². The molecule has 0 aliphatic rings. The van der Waals surface area contributed by atoms with Crippen LogP contribution < -0.4 is 0 Å². The van der Waals surface area contributed by atoms with Crippen molar-refractivity contribution in [1.29, 1.82) is 0 Å². The lowest BCUT2D eigenvalue weighted by Crippen LogP contribution is -2.37. The third kappa shape index (κ3) is 7.84. The summed E-state index contributed by atoms with van der Waals surface area (Å²) in [6, 6.07) is 0. The Morgan fingerprint density at radius 1 is 0.895 bits per heavy atom. The summed E-state index contributed by atoms with van der Waals surface area (Å²) in [4.78, 5) is 0. The third-order valence-electron chi connectivity index (χ3n) is 3.46. The van der Waals surface area contributed by atoms with Crippen LogP contribution in [0.3, 0.4) is 0 Å². The quantitative estimate of drug-likeness (QED) is 0.495. The Hall–Kier alpha value is -0.200. The first kappa shape index (κ1) is 18.8. The summed E-state index contributed by atoms with van der Waals surface area (Å²) >= 11 is 0. The summed E-state index contributed by atoms with van der Waals surface area (Å²) in [5, 5.41) is 28.4. The highest BCUT2D eigenvalue weighted by Gasteiger charge is 2.29. The second kappa shape index (κ2) is 10.6. The first-order valence-corrected chi connectivity index (χ1v) is 7.16. The highest BCUT2D eigenvalue weighted by Crippen LogP contribution is 2.22. The Morgan fingerprint density at radius 3 is 1.58 bits per heavy atom. The third-order valence-corrected chi connectivity index (χ3v) is 3.46. The van der Waals surface area contributed by atoms with Crippen LogP contribution in [0.1, 0.15) is 40.0 Å². The number of hydrogen-bond acceptors (Lipinski definition) is 5. The van der Waals surface area contributed by atoms with E-state index < -0.39 is 17.6 Å². The molecule has 0 spiro atoms. The highest BCUT2D eigenvalue weighted by molar-refractivity contribution is 4.77. The fourth-order valence-corrected chi connectivity index (χ4v) is 1.51. The van der Waals surface area contributed by atoms with Crippen LogP contribution in [0.5, 0.6) is 0 Å². The summed E-state index contributed by atoms with van der Waals surface area (Å²) in [6.07, 6.45) is 1.09. The number of aliphatic hydroxyl groups is 3. The van der Waals surface area contributed by atoms with Gasteiger partial charge in [0, 0.05) is 5.41 Å². The van der Waals surface area contributed by atoms with Gasteiger partial charge in [0.25, 0.3) is 0 Å². The minimum absolute atomic E-state index is 0.0338. The van der Waals surface area contributed by atoms with E-state index in [9.17, 15) is 15.3 Å². The van der Waals surface area contributed by atoms with E-state index in [0.717, 1.165) is 0 Å². The van der Waals surface area contributed by atoms with E-state index >= 15 is 0 Å². The standard InChI is InChI=1S/C14H30O5/c1-4-12(16)7-18-10-14(6-3,9-15)11-19-8-13(17)5-2/h12-13,15-17H,4-11H2,1-3H3. The Kier molecular flexibility index (Phi) is 10.5. The number of rotatable bonds is 12. The number of hydrogen-bond donors (Lipinski definition) is 3. The predicted octanol–water partition coefficient (Wildman–Crippen LogP) is 0.950. The summed E-state index contributed by atoms with van der Waals surface area (Å²) in [7, 11) is 0. The summed E-state index contributed by atoms with van der Waals surface area (Å²) in [6.45, 7) is 6.96. The van der Waals surface area contributed by atoms with E-state index in [1.807, 2.05) is 20.8 Å². The molecule has 0 heterocycles. The predicted molar refractivity (Wildman–Crippen MR) is 74.0 cm³/mol. The fourth-order valence-electron chi connectivity index (χ4n) is 1.51. The normalized spacial score (nSPS) is 18.0. The average Bonchev–Trinajstić information content (AvgIpc) is 2.45. The van der Waals surface area contributed by atoms with Gasteiger partial charge in [-0.3, -0.25) is 0 Å². The molecule has 0 aromatic rings. The largest absolute Gasteiger partial charge is 0.396 e. The maximum Gasteiger partial charge on any atom is 0.0771 e. The smallest absolute Gasteiger partial charge is 0.0771 e. The van der Waals surface area contributed by atoms with Gasteiger partial charge in [0.15, 0.2) is 0 Å². The van der Waals surface area contributed by atoms with E-state index in [4.69, 9.17) is 9.47 Å². The van der Waals surface area contributed by atoms with Crippen molar-refractivity contribution in [3.63, 3.8) is 0 Å². The molecule has 0 saturated carbocycles. The molecule has 0 saturated heterocycles. The van der Waals surface area contributed by atoms with Crippen LogP contribution in [0.2, 0.25) is 0 Å². The Balaban J connectivity index is 4.10. The van der Waals surface area contributed by atoms with Crippen molar-refractivity contribution in [3.8, 4) is 0 Å². The van der Waals surface area contributed by atoms with Gasteiger partial charge in [0.2, 0.25) is 0 Å². The van der Waals surface area contributed by atoms with Crippen LogP contribution in [-0.2, 0) is 9.47 Å². The van der Waals surface area contributed by atoms with Crippen molar-refractivity contribution in [2.45, 2.75) is 52.2 Å². The van der Waals surface area contributed by atoms with E-state index in [0.29, 0.717) is 32.5 Å². The lowest BCUT2D eigenvalue weighted by Gasteiger charge is -2.30. The van der Waals surface area contributed by atoms with Crippen LogP contribution >= 0.6 is 0 Å².